The standard InChI is InChI=1S/C28H33ClO4S2Si/c1-36(2,3)19-17-33-27(30)20-28(16-4-5-18-35(28,31)32)26-15-14-25(34-26)23-8-6-21(7-9-23)22-10-12-24(29)13-11-22/h6-15H,4-5,16-20H2,1-3H3/t28-/m0/s1. The number of esters is 1. The topological polar surface area (TPSA) is 60.4 Å². The lowest BCUT2D eigenvalue weighted by Gasteiger charge is -2.35. The largest absolute Gasteiger partial charge is 0.466 e. The summed E-state index contributed by atoms with van der Waals surface area (Å²) < 4.78 is 31.2. The van der Waals surface area contributed by atoms with Gasteiger partial charge in [0.05, 0.1) is 18.8 Å². The summed E-state index contributed by atoms with van der Waals surface area (Å²) in [5.41, 5.74) is 3.18. The summed E-state index contributed by atoms with van der Waals surface area (Å²) in [6.45, 7) is 7.04. The lowest BCUT2D eigenvalue weighted by atomic mass is 9.95. The van der Waals surface area contributed by atoms with Crippen LogP contribution in [-0.4, -0.2) is 34.8 Å². The first-order valence-electron chi connectivity index (χ1n) is 12.3. The number of halogens is 1. The Balaban J connectivity index is 1.58. The number of carbonyl (C=O) groups excluding carboxylic acids is 1. The quantitative estimate of drug-likeness (QED) is 0.208. The van der Waals surface area contributed by atoms with Crippen molar-refractivity contribution in [3.05, 3.63) is 70.6 Å². The summed E-state index contributed by atoms with van der Waals surface area (Å²) in [6, 6.07) is 20.7. The Kier molecular flexibility index (Phi) is 8.15. The second-order valence-electron chi connectivity index (χ2n) is 10.7. The Bertz CT molecular complexity index is 1310. The molecule has 192 valence electrons. The first-order chi connectivity index (χ1) is 17.0. The maximum Gasteiger partial charge on any atom is 0.307 e. The lowest BCUT2D eigenvalue weighted by Crippen LogP contribution is -2.42. The third kappa shape index (κ3) is 6.13. The Labute approximate surface area is 224 Å². The highest BCUT2D eigenvalue weighted by Crippen LogP contribution is 2.47. The van der Waals surface area contributed by atoms with Crippen molar-refractivity contribution in [2.24, 2.45) is 0 Å². The highest BCUT2D eigenvalue weighted by molar-refractivity contribution is 7.92. The molecule has 4 nitrogen and oxygen atoms in total. The van der Waals surface area contributed by atoms with Crippen LogP contribution >= 0.6 is 22.9 Å². The number of thiophene rings is 1. The Hall–Kier alpha value is -1.93. The average Bonchev–Trinajstić information content (AvgIpc) is 3.31. The van der Waals surface area contributed by atoms with Crippen LogP contribution in [0.4, 0.5) is 0 Å². The summed E-state index contributed by atoms with van der Waals surface area (Å²) in [4.78, 5) is 14.6. The molecule has 0 aliphatic carbocycles. The number of benzene rings is 2. The molecule has 0 unspecified atom stereocenters. The highest BCUT2D eigenvalue weighted by Gasteiger charge is 2.49. The predicted molar refractivity (Wildman–Crippen MR) is 153 cm³/mol. The van der Waals surface area contributed by atoms with E-state index < -0.39 is 28.6 Å². The molecule has 1 aliphatic rings. The lowest BCUT2D eigenvalue weighted by molar-refractivity contribution is -0.144. The molecule has 0 amide bonds. The number of sulfone groups is 1. The third-order valence-electron chi connectivity index (χ3n) is 6.79. The van der Waals surface area contributed by atoms with Crippen LogP contribution in [0.15, 0.2) is 60.7 Å². The second kappa shape index (κ2) is 10.8. The molecule has 2 heterocycles. The fraction of sp³-hybridized carbons (Fsp3) is 0.393. The zero-order valence-corrected chi connectivity index (χ0v) is 24.4. The third-order valence-corrected chi connectivity index (χ3v) is 12.8. The van der Waals surface area contributed by atoms with Crippen LogP contribution in [0.25, 0.3) is 21.6 Å². The van der Waals surface area contributed by atoms with Gasteiger partial charge >= 0.3 is 5.97 Å². The van der Waals surface area contributed by atoms with Gasteiger partial charge in [-0.2, -0.15) is 0 Å². The zero-order valence-electron chi connectivity index (χ0n) is 21.1. The molecule has 8 heteroatoms. The minimum absolute atomic E-state index is 0.109. The van der Waals surface area contributed by atoms with Crippen molar-refractivity contribution in [2.45, 2.75) is 56.1 Å². The average molecular weight is 561 g/mol. The molecule has 0 bridgehead atoms. The minimum atomic E-state index is -3.49. The van der Waals surface area contributed by atoms with Crippen molar-refractivity contribution in [1.29, 1.82) is 0 Å². The minimum Gasteiger partial charge on any atom is -0.466 e. The number of hydrogen-bond donors (Lipinski definition) is 0. The fourth-order valence-corrected chi connectivity index (χ4v) is 9.19. The fourth-order valence-electron chi connectivity index (χ4n) is 4.58. The van der Waals surface area contributed by atoms with E-state index in [9.17, 15) is 13.2 Å². The summed E-state index contributed by atoms with van der Waals surface area (Å²) >= 11 is 7.48. The first kappa shape index (κ1) is 27.1. The van der Waals surface area contributed by atoms with E-state index in [2.05, 4.69) is 31.8 Å². The SMILES string of the molecule is C[Si](C)(C)CCOC(=O)C[C@]1(c2ccc(-c3ccc(-c4ccc(Cl)cc4)cc3)s2)CCCCS1(=O)=O. The van der Waals surface area contributed by atoms with Gasteiger partial charge in [0.2, 0.25) is 0 Å². The van der Waals surface area contributed by atoms with Gasteiger partial charge in [0.15, 0.2) is 9.84 Å². The predicted octanol–water partition coefficient (Wildman–Crippen LogP) is 7.80. The molecule has 1 aliphatic heterocycles. The van der Waals surface area contributed by atoms with Gasteiger partial charge in [-0.25, -0.2) is 8.42 Å². The van der Waals surface area contributed by atoms with Gasteiger partial charge in [0, 0.05) is 22.9 Å². The van der Waals surface area contributed by atoms with Gasteiger partial charge in [-0.1, -0.05) is 74.1 Å². The van der Waals surface area contributed by atoms with Crippen LogP contribution in [0.3, 0.4) is 0 Å². The summed E-state index contributed by atoms with van der Waals surface area (Å²) in [5, 5.41) is 0.702. The van der Waals surface area contributed by atoms with E-state index in [4.69, 9.17) is 16.3 Å². The van der Waals surface area contributed by atoms with Crippen LogP contribution in [0, 0.1) is 0 Å². The van der Waals surface area contributed by atoms with Gasteiger partial charge in [-0.05, 0) is 59.8 Å². The van der Waals surface area contributed by atoms with Gasteiger partial charge in [-0.15, -0.1) is 11.3 Å². The van der Waals surface area contributed by atoms with Crippen molar-refractivity contribution in [1.82, 2.24) is 0 Å². The van der Waals surface area contributed by atoms with Crippen LogP contribution in [-0.2, 0) is 24.1 Å². The van der Waals surface area contributed by atoms with Crippen molar-refractivity contribution < 1.29 is 17.9 Å². The molecule has 4 rings (SSSR count). The molecule has 0 N–H and O–H groups in total. The van der Waals surface area contributed by atoms with Crippen LogP contribution in [0.2, 0.25) is 30.7 Å². The van der Waals surface area contributed by atoms with E-state index in [0.29, 0.717) is 24.5 Å². The first-order valence-corrected chi connectivity index (χ1v) is 18.9. The van der Waals surface area contributed by atoms with Crippen molar-refractivity contribution in [3.8, 4) is 21.6 Å². The van der Waals surface area contributed by atoms with Gasteiger partial charge in [0.1, 0.15) is 4.75 Å². The molecule has 1 aromatic heterocycles. The number of carbonyl (C=O) groups is 1. The maximum atomic E-state index is 13.4. The van der Waals surface area contributed by atoms with E-state index in [1.807, 2.05) is 48.5 Å². The van der Waals surface area contributed by atoms with Crippen LogP contribution in [0.5, 0.6) is 0 Å². The van der Waals surface area contributed by atoms with Crippen molar-refractivity contribution in [3.63, 3.8) is 0 Å². The molecule has 0 spiro atoms. The van der Waals surface area contributed by atoms with Crippen LogP contribution < -0.4 is 0 Å². The molecule has 2 aromatic carbocycles. The molecule has 1 atom stereocenters. The van der Waals surface area contributed by atoms with E-state index in [1.54, 1.807) is 0 Å². The molecule has 36 heavy (non-hydrogen) atoms. The second-order valence-corrected chi connectivity index (χ2v) is 20.3. The molecule has 1 fully saturated rings. The van der Waals surface area contributed by atoms with Gasteiger partial charge in [0.25, 0.3) is 0 Å². The zero-order chi connectivity index (χ0) is 26.0. The monoisotopic (exact) mass is 560 g/mol. The molecule has 0 radical (unpaired) electrons. The summed E-state index contributed by atoms with van der Waals surface area (Å²) in [6.07, 6.45) is 1.76. The molecular weight excluding hydrogens is 528 g/mol. The molecule has 0 saturated carbocycles. The van der Waals surface area contributed by atoms with E-state index >= 15 is 0 Å². The number of rotatable bonds is 8. The van der Waals surface area contributed by atoms with Crippen LogP contribution in [0.1, 0.15) is 30.6 Å². The maximum absolute atomic E-state index is 13.4. The molecule has 3 aromatic rings. The van der Waals surface area contributed by atoms with E-state index in [0.717, 1.165) is 38.9 Å². The van der Waals surface area contributed by atoms with Gasteiger partial charge < -0.3 is 4.74 Å². The van der Waals surface area contributed by atoms with Crippen molar-refractivity contribution in [2.75, 3.05) is 12.4 Å². The Morgan fingerprint density at radius 3 is 2.17 bits per heavy atom. The van der Waals surface area contributed by atoms with Crippen molar-refractivity contribution >= 4 is 46.8 Å². The molecule has 1 saturated heterocycles. The number of ether oxygens (including phenoxy) is 1. The Morgan fingerprint density at radius 1 is 0.944 bits per heavy atom. The normalized spacial score (nSPS) is 19.7. The molecular formula is C28H33ClO4S2Si. The number of hydrogen-bond acceptors (Lipinski definition) is 5. The highest BCUT2D eigenvalue weighted by atomic mass is 35.5. The van der Waals surface area contributed by atoms with E-state index in [1.165, 1.54) is 11.3 Å². The smallest absolute Gasteiger partial charge is 0.307 e. The summed E-state index contributed by atoms with van der Waals surface area (Å²) in [7, 11) is -4.84. The Morgan fingerprint density at radius 2 is 1.56 bits per heavy atom. The summed E-state index contributed by atoms with van der Waals surface area (Å²) in [5.74, 6) is -0.306. The van der Waals surface area contributed by atoms with E-state index in [-0.39, 0.29) is 12.2 Å². The van der Waals surface area contributed by atoms with Gasteiger partial charge in [-0.3, -0.25) is 4.79 Å².